The fourth-order valence-electron chi connectivity index (χ4n) is 3.30. The third kappa shape index (κ3) is 1.08. The second-order valence-corrected chi connectivity index (χ2v) is 4.62. The van der Waals surface area contributed by atoms with Crippen molar-refractivity contribution in [3.05, 3.63) is 29.8 Å². The van der Waals surface area contributed by atoms with Crippen LogP contribution in [-0.2, 0) is 0 Å². The summed E-state index contributed by atoms with van der Waals surface area (Å²) in [6.07, 6.45) is 4.40. The molecular formula is C13H17N. The molecule has 2 atom stereocenters. The largest absolute Gasteiger partial charge is 0.388 e. The van der Waals surface area contributed by atoms with Gasteiger partial charge in [0, 0.05) is 12.7 Å². The number of hydrogen-bond donors (Lipinski definition) is 1. The maximum absolute atomic E-state index is 3.31. The number of para-hydroxylation sites is 1. The van der Waals surface area contributed by atoms with Crippen LogP contribution < -0.4 is 5.32 Å². The van der Waals surface area contributed by atoms with Crippen molar-refractivity contribution >= 4 is 5.69 Å². The van der Waals surface area contributed by atoms with Gasteiger partial charge in [0.25, 0.3) is 0 Å². The van der Waals surface area contributed by atoms with Crippen molar-refractivity contribution < 1.29 is 0 Å². The van der Waals surface area contributed by atoms with Gasteiger partial charge in [0.15, 0.2) is 0 Å². The van der Waals surface area contributed by atoms with E-state index in [-0.39, 0.29) is 0 Å². The molecule has 0 amide bonds. The summed E-state index contributed by atoms with van der Waals surface area (Å²) in [6.45, 7) is 0. The third-order valence-electron chi connectivity index (χ3n) is 4.00. The van der Waals surface area contributed by atoms with Crippen molar-refractivity contribution in [2.24, 2.45) is 11.8 Å². The van der Waals surface area contributed by atoms with Crippen LogP contribution in [-0.4, -0.2) is 7.05 Å². The lowest BCUT2D eigenvalue weighted by atomic mass is 10.0. The van der Waals surface area contributed by atoms with Gasteiger partial charge in [-0.3, -0.25) is 0 Å². The third-order valence-corrected chi connectivity index (χ3v) is 4.00. The minimum absolute atomic E-state index is 0.882. The summed E-state index contributed by atoms with van der Waals surface area (Å²) < 4.78 is 0. The first-order valence-electron chi connectivity index (χ1n) is 5.68. The maximum atomic E-state index is 3.31. The quantitative estimate of drug-likeness (QED) is 0.749. The van der Waals surface area contributed by atoms with Crippen LogP contribution in [0.5, 0.6) is 0 Å². The van der Waals surface area contributed by atoms with E-state index in [0.717, 1.165) is 17.8 Å². The zero-order valence-electron chi connectivity index (χ0n) is 8.66. The summed E-state index contributed by atoms with van der Waals surface area (Å²) in [6, 6.07) is 8.79. The standard InChI is InChI=1S/C13H17N/c1-14-12-8-3-2-5-11(12)13-9-6-4-7-10(9)13/h2-3,5,8-10,13-14H,4,6-7H2,1H3. The Morgan fingerprint density at radius 1 is 1.14 bits per heavy atom. The van der Waals surface area contributed by atoms with Gasteiger partial charge in [-0.25, -0.2) is 0 Å². The number of benzene rings is 1. The first-order chi connectivity index (χ1) is 6.92. The van der Waals surface area contributed by atoms with Crippen molar-refractivity contribution in [1.82, 2.24) is 0 Å². The Morgan fingerprint density at radius 3 is 2.57 bits per heavy atom. The van der Waals surface area contributed by atoms with Gasteiger partial charge in [-0.15, -0.1) is 0 Å². The Bertz CT molecular complexity index is 335. The van der Waals surface area contributed by atoms with Gasteiger partial charge in [0.1, 0.15) is 0 Å². The molecule has 2 unspecified atom stereocenters. The fourth-order valence-corrected chi connectivity index (χ4v) is 3.30. The molecule has 0 radical (unpaired) electrons. The normalized spacial score (nSPS) is 33.9. The molecule has 1 nitrogen and oxygen atoms in total. The van der Waals surface area contributed by atoms with E-state index >= 15 is 0 Å². The number of anilines is 1. The van der Waals surface area contributed by atoms with Crippen LogP contribution in [0.2, 0.25) is 0 Å². The first-order valence-corrected chi connectivity index (χ1v) is 5.68. The zero-order valence-corrected chi connectivity index (χ0v) is 8.66. The average molecular weight is 187 g/mol. The van der Waals surface area contributed by atoms with Crippen molar-refractivity contribution in [2.45, 2.75) is 25.2 Å². The van der Waals surface area contributed by atoms with E-state index < -0.39 is 0 Å². The van der Waals surface area contributed by atoms with Crippen LogP contribution in [0.3, 0.4) is 0 Å². The molecule has 1 heteroatoms. The highest BCUT2D eigenvalue weighted by molar-refractivity contribution is 5.54. The lowest BCUT2D eigenvalue weighted by Gasteiger charge is -2.09. The first kappa shape index (κ1) is 8.34. The Balaban J connectivity index is 1.90. The molecule has 2 aliphatic rings. The number of rotatable bonds is 2. The van der Waals surface area contributed by atoms with Crippen molar-refractivity contribution in [2.75, 3.05) is 12.4 Å². The highest BCUT2D eigenvalue weighted by Crippen LogP contribution is 2.64. The molecule has 2 saturated carbocycles. The summed E-state index contributed by atoms with van der Waals surface area (Å²) in [4.78, 5) is 0. The minimum atomic E-state index is 0.882. The number of hydrogen-bond acceptors (Lipinski definition) is 1. The SMILES string of the molecule is CNc1ccccc1C1C2CCCC21. The van der Waals surface area contributed by atoms with E-state index in [2.05, 4.69) is 29.6 Å². The molecule has 1 aromatic carbocycles. The molecule has 1 N–H and O–H groups in total. The molecule has 2 aliphatic carbocycles. The predicted molar refractivity (Wildman–Crippen MR) is 59.6 cm³/mol. The summed E-state index contributed by atoms with van der Waals surface area (Å²) in [5.74, 6) is 2.92. The lowest BCUT2D eigenvalue weighted by molar-refractivity contribution is 0.683. The monoisotopic (exact) mass is 187 g/mol. The molecule has 3 rings (SSSR count). The summed E-state index contributed by atoms with van der Waals surface area (Å²) in [5, 5.41) is 3.31. The summed E-state index contributed by atoms with van der Waals surface area (Å²) in [7, 11) is 2.02. The predicted octanol–water partition coefficient (Wildman–Crippen LogP) is 3.24. The minimum Gasteiger partial charge on any atom is -0.388 e. The maximum Gasteiger partial charge on any atom is 0.0373 e. The molecule has 1 aromatic rings. The molecule has 14 heavy (non-hydrogen) atoms. The average Bonchev–Trinajstić information content (AvgIpc) is 2.70. The van der Waals surface area contributed by atoms with E-state index in [1.165, 1.54) is 24.9 Å². The van der Waals surface area contributed by atoms with Crippen LogP contribution in [0.1, 0.15) is 30.7 Å². The zero-order chi connectivity index (χ0) is 9.54. The van der Waals surface area contributed by atoms with Crippen LogP contribution in [0.25, 0.3) is 0 Å². The second kappa shape index (κ2) is 3.01. The topological polar surface area (TPSA) is 12.0 Å². The van der Waals surface area contributed by atoms with Crippen molar-refractivity contribution in [3.63, 3.8) is 0 Å². The number of nitrogens with one attached hydrogen (secondary N) is 1. The number of fused-ring (bicyclic) bond motifs is 1. The Kier molecular flexibility index (Phi) is 1.79. The van der Waals surface area contributed by atoms with Gasteiger partial charge >= 0.3 is 0 Å². The molecule has 2 fully saturated rings. The van der Waals surface area contributed by atoms with Crippen LogP contribution in [0.15, 0.2) is 24.3 Å². The molecule has 0 spiro atoms. The van der Waals surface area contributed by atoms with Crippen LogP contribution in [0.4, 0.5) is 5.69 Å². The van der Waals surface area contributed by atoms with Gasteiger partial charge in [0.05, 0.1) is 0 Å². The van der Waals surface area contributed by atoms with E-state index in [1.807, 2.05) is 7.05 Å². The second-order valence-electron chi connectivity index (χ2n) is 4.62. The van der Waals surface area contributed by atoms with Crippen molar-refractivity contribution in [3.8, 4) is 0 Å². The lowest BCUT2D eigenvalue weighted by Crippen LogP contribution is -1.96. The van der Waals surface area contributed by atoms with E-state index in [1.54, 1.807) is 5.56 Å². The molecule has 0 aliphatic heterocycles. The Labute approximate surface area is 85.5 Å². The summed E-state index contributed by atoms with van der Waals surface area (Å²) >= 11 is 0. The molecule has 0 bridgehead atoms. The van der Waals surface area contributed by atoms with E-state index in [0.29, 0.717) is 0 Å². The van der Waals surface area contributed by atoms with Crippen LogP contribution >= 0.6 is 0 Å². The Hall–Kier alpha value is -0.980. The highest BCUT2D eigenvalue weighted by Gasteiger charge is 2.53. The fraction of sp³-hybridized carbons (Fsp3) is 0.538. The van der Waals surface area contributed by atoms with E-state index in [4.69, 9.17) is 0 Å². The Morgan fingerprint density at radius 2 is 1.86 bits per heavy atom. The van der Waals surface area contributed by atoms with Gasteiger partial charge < -0.3 is 5.32 Å². The smallest absolute Gasteiger partial charge is 0.0373 e. The molecular weight excluding hydrogens is 170 g/mol. The highest BCUT2D eigenvalue weighted by atomic mass is 14.8. The molecule has 0 aromatic heterocycles. The molecule has 0 saturated heterocycles. The van der Waals surface area contributed by atoms with Gasteiger partial charge in [0.2, 0.25) is 0 Å². The summed E-state index contributed by atoms with van der Waals surface area (Å²) in [5.41, 5.74) is 2.90. The van der Waals surface area contributed by atoms with Gasteiger partial charge in [-0.2, -0.15) is 0 Å². The van der Waals surface area contributed by atoms with Crippen molar-refractivity contribution in [1.29, 1.82) is 0 Å². The molecule has 0 heterocycles. The van der Waals surface area contributed by atoms with Gasteiger partial charge in [-0.1, -0.05) is 24.6 Å². The van der Waals surface area contributed by atoms with E-state index in [9.17, 15) is 0 Å². The van der Waals surface area contributed by atoms with Gasteiger partial charge in [-0.05, 0) is 42.2 Å². The molecule has 74 valence electrons. The van der Waals surface area contributed by atoms with Crippen LogP contribution in [0, 0.1) is 11.8 Å².